The quantitative estimate of drug-likeness (QED) is 0.726. The molecule has 1 aliphatic heterocycles. The first-order valence-electron chi connectivity index (χ1n) is 9.90. The lowest BCUT2D eigenvalue weighted by atomic mass is 9.93. The van der Waals surface area contributed by atoms with E-state index in [4.69, 9.17) is 0 Å². The highest BCUT2D eigenvalue weighted by molar-refractivity contribution is 7.99. The summed E-state index contributed by atoms with van der Waals surface area (Å²) < 4.78 is 0. The molecule has 0 aromatic heterocycles. The fourth-order valence-electron chi connectivity index (χ4n) is 3.57. The Kier molecular flexibility index (Phi) is 7.36. The predicted octanol–water partition coefficient (Wildman–Crippen LogP) is 5.07. The second-order valence-corrected chi connectivity index (χ2v) is 8.53. The zero-order chi connectivity index (χ0) is 19.1. The van der Waals surface area contributed by atoms with E-state index < -0.39 is 0 Å². The van der Waals surface area contributed by atoms with Crippen LogP contribution in [0.3, 0.4) is 0 Å². The highest BCUT2D eigenvalue weighted by Gasteiger charge is 2.16. The number of nitrogens with zero attached hydrogens (tertiary/aromatic N) is 1. The first-order valence-corrected chi connectivity index (χ1v) is 11.1. The van der Waals surface area contributed by atoms with E-state index in [1.165, 1.54) is 22.6 Å². The standard InChI is InChI=1S/C23H30N2OS/c1-3-20(21-7-5-4-6-8-21)16-23(26)24-22-15-19(10-9-18(22)2)17-25-11-13-27-14-12-25/h4-10,15,20H,3,11-14,16-17H2,1-2H3,(H,24,26). The molecule has 3 nitrogen and oxygen atoms in total. The summed E-state index contributed by atoms with van der Waals surface area (Å²) in [5.74, 6) is 2.79. The molecule has 0 spiro atoms. The fraction of sp³-hybridized carbons (Fsp3) is 0.435. The number of benzene rings is 2. The number of amides is 1. The topological polar surface area (TPSA) is 32.3 Å². The minimum Gasteiger partial charge on any atom is -0.326 e. The van der Waals surface area contributed by atoms with Crippen LogP contribution in [0.1, 0.15) is 42.4 Å². The molecule has 1 heterocycles. The van der Waals surface area contributed by atoms with Crippen molar-refractivity contribution >= 4 is 23.4 Å². The van der Waals surface area contributed by atoms with Gasteiger partial charge in [0.15, 0.2) is 0 Å². The molecule has 1 atom stereocenters. The molecule has 2 aromatic carbocycles. The molecule has 1 saturated heterocycles. The van der Waals surface area contributed by atoms with Crippen LogP contribution in [0, 0.1) is 6.92 Å². The summed E-state index contributed by atoms with van der Waals surface area (Å²) in [5, 5.41) is 3.16. The lowest BCUT2D eigenvalue weighted by Crippen LogP contribution is -2.32. The van der Waals surface area contributed by atoms with Gasteiger partial charge in [-0.15, -0.1) is 0 Å². The van der Waals surface area contributed by atoms with E-state index in [-0.39, 0.29) is 11.8 Å². The number of carbonyl (C=O) groups is 1. The van der Waals surface area contributed by atoms with E-state index in [0.717, 1.165) is 37.3 Å². The molecular weight excluding hydrogens is 352 g/mol. The van der Waals surface area contributed by atoms with Gasteiger partial charge in [-0.3, -0.25) is 9.69 Å². The number of hydrogen-bond acceptors (Lipinski definition) is 3. The van der Waals surface area contributed by atoms with Crippen molar-refractivity contribution in [2.75, 3.05) is 29.9 Å². The molecule has 0 bridgehead atoms. The summed E-state index contributed by atoms with van der Waals surface area (Å²) in [6, 6.07) is 16.8. The van der Waals surface area contributed by atoms with Crippen molar-refractivity contribution in [1.29, 1.82) is 0 Å². The van der Waals surface area contributed by atoms with Gasteiger partial charge in [0, 0.05) is 43.2 Å². The van der Waals surface area contributed by atoms with Gasteiger partial charge in [-0.25, -0.2) is 0 Å². The molecule has 1 N–H and O–H groups in total. The predicted molar refractivity (Wildman–Crippen MR) is 117 cm³/mol. The molecule has 27 heavy (non-hydrogen) atoms. The summed E-state index contributed by atoms with van der Waals surface area (Å²) in [4.78, 5) is 15.2. The van der Waals surface area contributed by atoms with Gasteiger partial charge in [-0.05, 0) is 42.0 Å². The van der Waals surface area contributed by atoms with Crippen molar-refractivity contribution in [3.05, 3.63) is 65.2 Å². The average Bonchev–Trinajstić information content (AvgIpc) is 2.70. The highest BCUT2D eigenvalue weighted by Crippen LogP contribution is 2.25. The summed E-state index contributed by atoms with van der Waals surface area (Å²) in [7, 11) is 0. The Labute approximate surface area is 167 Å². The molecule has 3 rings (SSSR count). The van der Waals surface area contributed by atoms with Crippen LogP contribution in [0.5, 0.6) is 0 Å². The van der Waals surface area contributed by atoms with Crippen molar-refractivity contribution in [1.82, 2.24) is 4.90 Å². The van der Waals surface area contributed by atoms with Crippen molar-refractivity contribution in [3.8, 4) is 0 Å². The molecule has 0 saturated carbocycles. The second-order valence-electron chi connectivity index (χ2n) is 7.31. The van der Waals surface area contributed by atoms with E-state index in [0.29, 0.717) is 6.42 Å². The summed E-state index contributed by atoms with van der Waals surface area (Å²) in [6.07, 6.45) is 1.48. The molecule has 144 valence electrons. The molecule has 1 unspecified atom stereocenters. The van der Waals surface area contributed by atoms with Crippen LogP contribution in [-0.4, -0.2) is 35.4 Å². The SMILES string of the molecule is CCC(CC(=O)Nc1cc(CN2CCSCC2)ccc1C)c1ccccc1. The molecular formula is C23H30N2OS. The fourth-order valence-corrected chi connectivity index (χ4v) is 4.55. The summed E-state index contributed by atoms with van der Waals surface area (Å²) >= 11 is 2.03. The van der Waals surface area contributed by atoms with Gasteiger partial charge in [0.25, 0.3) is 0 Å². The monoisotopic (exact) mass is 382 g/mol. The Morgan fingerprint density at radius 1 is 1.15 bits per heavy atom. The van der Waals surface area contributed by atoms with Crippen molar-refractivity contribution in [2.24, 2.45) is 0 Å². The lowest BCUT2D eigenvalue weighted by molar-refractivity contribution is -0.116. The number of aryl methyl sites for hydroxylation is 1. The molecule has 1 fully saturated rings. The summed E-state index contributed by atoms with van der Waals surface area (Å²) in [5.41, 5.74) is 4.59. The number of anilines is 1. The third-order valence-corrected chi connectivity index (χ3v) is 6.22. The van der Waals surface area contributed by atoms with E-state index >= 15 is 0 Å². The maximum Gasteiger partial charge on any atom is 0.224 e. The second kappa shape index (κ2) is 9.95. The first kappa shape index (κ1) is 20.0. The van der Waals surface area contributed by atoms with Gasteiger partial charge in [0.05, 0.1) is 0 Å². The van der Waals surface area contributed by atoms with Crippen LogP contribution < -0.4 is 5.32 Å². The van der Waals surface area contributed by atoms with Gasteiger partial charge in [0.2, 0.25) is 5.91 Å². The van der Waals surface area contributed by atoms with E-state index in [1.54, 1.807) is 0 Å². The van der Waals surface area contributed by atoms with Gasteiger partial charge in [-0.2, -0.15) is 11.8 Å². The smallest absolute Gasteiger partial charge is 0.224 e. The van der Waals surface area contributed by atoms with Crippen molar-refractivity contribution in [2.45, 2.75) is 39.2 Å². The molecule has 4 heteroatoms. The molecule has 1 aliphatic rings. The van der Waals surface area contributed by atoms with Crippen LogP contribution in [-0.2, 0) is 11.3 Å². The van der Waals surface area contributed by atoms with E-state index in [9.17, 15) is 4.79 Å². The maximum absolute atomic E-state index is 12.7. The number of rotatable bonds is 7. The third kappa shape index (κ3) is 5.85. The minimum atomic E-state index is 0.0975. The number of thioether (sulfide) groups is 1. The molecule has 0 radical (unpaired) electrons. The van der Waals surface area contributed by atoms with Gasteiger partial charge >= 0.3 is 0 Å². The van der Waals surface area contributed by atoms with Crippen LogP contribution in [0.4, 0.5) is 5.69 Å². The Balaban J connectivity index is 1.63. The molecule has 1 amide bonds. The maximum atomic E-state index is 12.7. The van der Waals surface area contributed by atoms with Gasteiger partial charge < -0.3 is 5.32 Å². The number of carbonyl (C=O) groups excluding carboxylic acids is 1. The Morgan fingerprint density at radius 2 is 1.89 bits per heavy atom. The minimum absolute atomic E-state index is 0.0975. The Hall–Kier alpha value is -1.78. The van der Waals surface area contributed by atoms with Crippen LogP contribution in [0.25, 0.3) is 0 Å². The largest absolute Gasteiger partial charge is 0.326 e. The average molecular weight is 383 g/mol. The van der Waals surface area contributed by atoms with Gasteiger partial charge in [0.1, 0.15) is 0 Å². The third-order valence-electron chi connectivity index (χ3n) is 5.28. The van der Waals surface area contributed by atoms with E-state index in [2.05, 4.69) is 54.4 Å². The zero-order valence-electron chi connectivity index (χ0n) is 16.4. The Morgan fingerprint density at radius 3 is 2.59 bits per heavy atom. The van der Waals surface area contributed by atoms with Crippen molar-refractivity contribution in [3.63, 3.8) is 0 Å². The molecule has 2 aromatic rings. The van der Waals surface area contributed by atoms with Crippen LogP contribution >= 0.6 is 11.8 Å². The lowest BCUT2D eigenvalue weighted by Gasteiger charge is -2.26. The first-order chi connectivity index (χ1) is 13.2. The highest BCUT2D eigenvalue weighted by atomic mass is 32.2. The normalized spacial score (nSPS) is 16.1. The van der Waals surface area contributed by atoms with E-state index in [1.807, 2.05) is 30.0 Å². The number of hydrogen-bond donors (Lipinski definition) is 1. The van der Waals surface area contributed by atoms with Gasteiger partial charge in [-0.1, -0.05) is 49.4 Å². The molecule has 0 aliphatic carbocycles. The Bertz CT molecular complexity index is 741. The van der Waals surface area contributed by atoms with Crippen LogP contribution in [0.15, 0.2) is 48.5 Å². The number of nitrogens with one attached hydrogen (secondary N) is 1. The van der Waals surface area contributed by atoms with Crippen LogP contribution in [0.2, 0.25) is 0 Å². The zero-order valence-corrected chi connectivity index (χ0v) is 17.2. The van der Waals surface area contributed by atoms with Crippen molar-refractivity contribution < 1.29 is 4.79 Å². The summed E-state index contributed by atoms with van der Waals surface area (Å²) in [6.45, 7) is 7.47.